The van der Waals surface area contributed by atoms with Crippen molar-refractivity contribution in [2.75, 3.05) is 0 Å². The van der Waals surface area contributed by atoms with E-state index >= 15 is 0 Å². The van der Waals surface area contributed by atoms with E-state index in [0.717, 1.165) is 59.3 Å². The Morgan fingerprint density at radius 2 is 1.13 bits per heavy atom. The molecule has 2 aromatic carbocycles. The molecule has 0 radical (unpaired) electrons. The molecule has 38 heavy (non-hydrogen) atoms. The second kappa shape index (κ2) is 11.9. The van der Waals surface area contributed by atoms with Crippen LogP contribution in [0.2, 0.25) is 0 Å². The summed E-state index contributed by atoms with van der Waals surface area (Å²) in [7, 11) is 0. The van der Waals surface area contributed by atoms with Crippen molar-refractivity contribution >= 4 is 35.2 Å². The number of aromatic amines is 2. The Morgan fingerprint density at radius 1 is 0.711 bits per heavy atom. The number of aliphatic carboxylic acids is 2. The lowest BCUT2D eigenvalue weighted by Gasteiger charge is -2.00. The number of H-pyrrole nitrogens is 2. The van der Waals surface area contributed by atoms with Gasteiger partial charge in [-0.15, -0.1) is 0 Å². The van der Waals surface area contributed by atoms with E-state index in [0.29, 0.717) is 0 Å². The van der Waals surface area contributed by atoms with Crippen LogP contribution in [0.15, 0.2) is 61.4 Å². The number of carboxylic acid groups (broad SMARTS) is 2. The van der Waals surface area contributed by atoms with E-state index in [2.05, 4.69) is 32.1 Å². The van der Waals surface area contributed by atoms with Gasteiger partial charge in [-0.3, -0.25) is 0 Å². The van der Waals surface area contributed by atoms with Crippen LogP contribution in [0.25, 0.3) is 23.3 Å². The largest absolute Gasteiger partial charge is 0.473 e. The molecule has 0 unspecified atom stereocenters. The van der Waals surface area contributed by atoms with Gasteiger partial charge in [0.1, 0.15) is 11.6 Å². The van der Waals surface area contributed by atoms with Crippen molar-refractivity contribution < 1.29 is 28.6 Å². The van der Waals surface area contributed by atoms with Crippen molar-refractivity contribution in [2.45, 2.75) is 25.7 Å². The minimum Gasteiger partial charge on any atom is -0.473 e. The smallest absolute Gasteiger partial charge is 0.414 e. The van der Waals surface area contributed by atoms with Crippen molar-refractivity contribution in [1.29, 1.82) is 0 Å². The lowest BCUT2D eigenvalue weighted by molar-refractivity contribution is -0.159. The first-order valence-electron chi connectivity index (χ1n) is 11.7. The topological polar surface area (TPSA) is 132 Å². The van der Waals surface area contributed by atoms with E-state index in [-0.39, 0.29) is 11.6 Å². The molecule has 2 aliphatic rings. The second-order valence-electron chi connectivity index (χ2n) is 8.57. The highest BCUT2D eigenvalue weighted by Gasteiger charge is 2.17. The Hall–Kier alpha value is -4.86. The van der Waals surface area contributed by atoms with Crippen molar-refractivity contribution in [2.24, 2.45) is 0 Å². The van der Waals surface area contributed by atoms with E-state index in [1.165, 1.54) is 23.3 Å². The summed E-state index contributed by atoms with van der Waals surface area (Å²) >= 11 is 0. The number of rotatable bonds is 2. The number of fused-ring (bicyclic) bond motifs is 2. The van der Waals surface area contributed by atoms with Crippen LogP contribution in [-0.2, 0) is 22.4 Å². The number of allylic oxidation sites excluding steroid dienone is 2. The summed E-state index contributed by atoms with van der Waals surface area (Å²) < 4.78 is 26.1. The molecule has 0 amide bonds. The average molecular weight is 519 g/mol. The third-order valence-electron chi connectivity index (χ3n) is 6.04. The minimum absolute atomic E-state index is 0.151. The van der Waals surface area contributed by atoms with Gasteiger partial charge >= 0.3 is 11.9 Å². The Labute approximate surface area is 216 Å². The van der Waals surface area contributed by atoms with Gasteiger partial charge < -0.3 is 20.2 Å². The number of hydrogen-bond donors (Lipinski definition) is 4. The zero-order valence-corrected chi connectivity index (χ0v) is 20.1. The Morgan fingerprint density at radius 3 is 1.47 bits per heavy atom. The number of benzene rings is 2. The summed E-state index contributed by atoms with van der Waals surface area (Å²) in [6.45, 7) is 0. The van der Waals surface area contributed by atoms with E-state index in [4.69, 9.17) is 19.8 Å². The Bertz CT molecular complexity index is 1380. The predicted octanol–water partition coefficient (Wildman–Crippen LogP) is 5.23. The van der Waals surface area contributed by atoms with Crippen molar-refractivity contribution in [3.05, 3.63) is 107 Å². The highest BCUT2D eigenvalue weighted by Crippen LogP contribution is 2.34. The second-order valence-corrected chi connectivity index (χ2v) is 8.57. The standard InChI is InChI=1S/2C13H11FN2.C2H2O4/c2*14-11-3-4-13-9(5-11)1-2-10(13)6-12-7-15-8-16-12;3-1(4)2(5)6/h2*3-8H,1-2H2,(H,15,16);(H,3,4)(H,5,6). The molecule has 0 bridgehead atoms. The van der Waals surface area contributed by atoms with Crippen LogP contribution in [0.3, 0.4) is 0 Å². The van der Waals surface area contributed by atoms with Gasteiger partial charge in [-0.05, 0) is 95.5 Å². The number of aromatic nitrogens is 4. The molecule has 4 N–H and O–H groups in total. The molecule has 4 aromatic rings. The summed E-state index contributed by atoms with van der Waals surface area (Å²) in [5, 5.41) is 14.8. The maximum atomic E-state index is 13.0. The van der Waals surface area contributed by atoms with Crippen molar-refractivity contribution in [3.8, 4) is 0 Å². The molecule has 2 aromatic heterocycles. The van der Waals surface area contributed by atoms with Crippen molar-refractivity contribution in [1.82, 2.24) is 19.9 Å². The molecule has 10 heteroatoms. The third-order valence-corrected chi connectivity index (χ3v) is 6.04. The highest BCUT2D eigenvalue weighted by atomic mass is 19.1. The van der Waals surface area contributed by atoms with Crippen LogP contribution in [0, 0.1) is 11.6 Å². The molecule has 0 spiro atoms. The first-order chi connectivity index (χ1) is 18.3. The van der Waals surface area contributed by atoms with Gasteiger partial charge in [0, 0.05) is 0 Å². The third kappa shape index (κ3) is 6.67. The fourth-order valence-electron chi connectivity index (χ4n) is 4.34. The SMILES string of the molecule is Fc1ccc2c(c1)CCC2=Cc1cnc[nH]1.Fc1ccc2c(c1)CCC2=Cc1cnc[nH]1.O=C(O)C(=O)O. The van der Waals surface area contributed by atoms with Gasteiger partial charge in [0.05, 0.1) is 36.4 Å². The zero-order chi connectivity index (χ0) is 27.1. The molecule has 0 atom stereocenters. The van der Waals surface area contributed by atoms with Gasteiger partial charge in [-0.25, -0.2) is 28.3 Å². The number of hydrogen-bond acceptors (Lipinski definition) is 4. The van der Waals surface area contributed by atoms with Gasteiger partial charge in [-0.1, -0.05) is 12.1 Å². The molecular weight excluding hydrogens is 494 g/mol. The Balaban J connectivity index is 0.000000147. The highest BCUT2D eigenvalue weighted by molar-refractivity contribution is 6.27. The number of imidazole rings is 2. The van der Waals surface area contributed by atoms with Crippen LogP contribution in [-0.4, -0.2) is 42.1 Å². The number of nitrogens with one attached hydrogen (secondary N) is 2. The van der Waals surface area contributed by atoms with Crippen molar-refractivity contribution in [3.63, 3.8) is 0 Å². The fraction of sp³-hybridized carbons (Fsp3) is 0.143. The number of carboxylic acids is 2. The summed E-state index contributed by atoms with van der Waals surface area (Å²) in [6, 6.07) is 10.0. The van der Waals surface area contributed by atoms with E-state index in [9.17, 15) is 8.78 Å². The monoisotopic (exact) mass is 518 g/mol. The predicted molar refractivity (Wildman–Crippen MR) is 138 cm³/mol. The molecule has 6 rings (SSSR count). The van der Waals surface area contributed by atoms with E-state index in [1.54, 1.807) is 37.2 Å². The fourth-order valence-corrected chi connectivity index (χ4v) is 4.34. The van der Waals surface area contributed by atoms with Crippen LogP contribution < -0.4 is 0 Å². The number of aryl methyl sites for hydroxylation is 2. The first kappa shape index (κ1) is 26.2. The maximum absolute atomic E-state index is 13.0. The first-order valence-corrected chi connectivity index (χ1v) is 11.7. The maximum Gasteiger partial charge on any atom is 0.414 e. The molecule has 0 saturated heterocycles. The molecule has 0 fully saturated rings. The normalized spacial score (nSPS) is 15.2. The Kier molecular flexibility index (Phi) is 8.22. The summed E-state index contributed by atoms with van der Waals surface area (Å²) in [5.41, 5.74) is 9.02. The molecular formula is C28H24F2N4O4. The van der Waals surface area contributed by atoms with E-state index in [1.807, 2.05) is 12.1 Å². The average Bonchev–Trinajstić information content (AvgIpc) is 3.70. The van der Waals surface area contributed by atoms with Crippen LogP contribution in [0.4, 0.5) is 8.78 Å². The molecule has 0 aliphatic heterocycles. The van der Waals surface area contributed by atoms with Gasteiger partial charge in [0.15, 0.2) is 0 Å². The number of nitrogens with zero attached hydrogens (tertiary/aromatic N) is 2. The molecule has 2 heterocycles. The minimum atomic E-state index is -1.82. The van der Waals surface area contributed by atoms with Gasteiger partial charge in [-0.2, -0.15) is 0 Å². The summed E-state index contributed by atoms with van der Waals surface area (Å²) in [6.07, 6.45) is 14.8. The zero-order valence-electron chi connectivity index (χ0n) is 20.1. The number of carbonyl (C=O) groups is 2. The number of halogens is 2. The van der Waals surface area contributed by atoms with Crippen LogP contribution in [0.5, 0.6) is 0 Å². The molecule has 0 saturated carbocycles. The summed E-state index contributed by atoms with van der Waals surface area (Å²) in [4.78, 5) is 32.2. The van der Waals surface area contributed by atoms with Crippen LogP contribution in [0.1, 0.15) is 46.5 Å². The lowest BCUT2D eigenvalue weighted by Crippen LogP contribution is -2.09. The molecule has 8 nitrogen and oxygen atoms in total. The lowest BCUT2D eigenvalue weighted by atomic mass is 10.1. The molecule has 2 aliphatic carbocycles. The van der Waals surface area contributed by atoms with Gasteiger partial charge in [0.25, 0.3) is 0 Å². The van der Waals surface area contributed by atoms with E-state index < -0.39 is 11.9 Å². The molecule has 194 valence electrons. The quantitative estimate of drug-likeness (QED) is 0.269. The summed E-state index contributed by atoms with van der Waals surface area (Å²) in [5.74, 6) is -3.95. The van der Waals surface area contributed by atoms with Crippen LogP contribution >= 0.6 is 0 Å². The van der Waals surface area contributed by atoms with Gasteiger partial charge in [0.2, 0.25) is 0 Å².